The number of carbonyl (C=O) groups excluding carboxylic acids is 1. The molecular weight excluding hydrogens is 368 g/mol. The predicted molar refractivity (Wildman–Crippen MR) is 102 cm³/mol. The molecule has 2 aromatic rings. The fourth-order valence-corrected chi connectivity index (χ4v) is 3.81. The Kier molecular flexibility index (Phi) is 5.88. The summed E-state index contributed by atoms with van der Waals surface area (Å²) in [6, 6.07) is 6.67. The molecule has 1 aromatic heterocycles. The van der Waals surface area contributed by atoms with E-state index in [0.29, 0.717) is 16.9 Å². The largest absolute Gasteiger partial charge is 0.467 e. The zero-order valence-corrected chi connectivity index (χ0v) is 15.8. The number of hydrogen-bond acceptors (Lipinski definition) is 6. The standard InChI is InChI=1S/C19H20N2O5S/c1-12(2)18(16-4-3-7-27-16)20-17(22)6-5-13-8-15(21(23)24)9-14-10-25-11-26-19(13)14/h3-9,12,18H,10-11H2,1-2H3,(H,20,22)/b6-5+/t18-/m0/s1. The molecule has 0 spiro atoms. The molecule has 27 heavy (non-hydrogen) atoms. The lowest BCUT2D eigenvalue weighted by molar-refractivity contribution is -0.385. The molecular formula is C19H20N2O5S. The van der Waals surface area contributed by atoms with Crippen LogP contribution in [0.15, 0.2) is 35.7 Å². The van der Waals surface area contributed by atoms with E-state index >= 15 is 0 Å². The second-order valence-corrected chi connectivity index (χ2v) is 7.45. The molecule has 142 valence electrons. The van der Waals surface area contributed by atoms with E-state index in [1.165, 1.54) is 24.3 Å². The lowest BCUT2D eigenvalue weighted by Crippen LogP contribution is -2.29. The van der Waals surface area contributed by atoms with Gasteiger partial charge < -0.3 is 14.8 Å². The molecule has 0 unspecified atom stereocenters. The van der Waals surface area contributed by atoms with Crippen LogP contribution in [-0.4, -0.2) is 17.6 Å². The first kappa shape index (κ1) is 19.1. The zero-order valence-electron chi connectivity index (χ0n) is 15.0. The van der Waals surface area contributed by atoms with E-state index in [2.05, 4.69) is 5.32 Å². The van der Waals surface area contributed by atoms with Gasteiger partial charge in [-0.15, -0.1) is 11.3 Å². The first-order chi connectivity index (χ1) is 13.0. The molecule has 1 aromatic carbocycles. The number of thiophene rings is 1. The van der Waals surface area contributed by atoms with Crippen LogP contribution in [0.4, 0.5) is 5.69 Å². The van der Waals surface area contributed by atoms with Gasteiger partial charge in [0.1, 0.15) is 5.75 Å². The molecule has 1 atom stereocenters. The molecule has 8 heteroatoms. The zero-order chi connectivity index (χ0) is 19.4. The first-order valence-corrected chi connectivity index (χ1v) is 9.37. The molecule has 7 nitrogen and oxygen atoms in total. The molecule has 2 heterocycles. The maximum absolute atomic E-state index is 12.4. The van der Waals surface area contributed by atoms with Gasteiger partial charge in [-0.3, -0.25) is 14.9 Å². The number of carbonyl (C=O) groups is 1. The van der Waals surface area contributed by atoms with Gasteiger partial charge in [0.05, 0.1) is 17.6 Å². The van der Waals surface area contributed by atoms with E-state index in [1.54, 1.807) is 11.3 Å². The minimum absolute atomic E-state index is 0.0680. The van der Waals surface area contributed by atoms with Gasteiger partial charge in [0.15, 0.2) is 6.79 Å². The van der Waals surface area contributed by atoms with Crippen LogP contribution in [0, 0.1) is 16.0 Å². The quantitative estimate of drug-likeness (QED) is 0.458. The topological polar surface area (TPSA) is 90.7 Å². The van der Waals surface area contributed by atoms with Gasteiger partial charge in [-0.05, 0) is 23.4 Å². The Balaban J connectivity index is 1.81. The van der Waals surface area contributed by atoms with Crippen molar-refractivity contribution >= 4 is 29.0 Å². The Morgan fingerprint density at radius 1 is 1.41 bits per heavy atom. The third kappa shape index (κ3) is 4.53. The Hall–Kier alpha value is -2.71. The summed E-state index contributed by atoms with van der Waals surface area (Å²) in [5.41, 5.74) is 1.01. The summed E-state index contributed by atoms with van der Waals surface area (Å²) in [5.74, 6) is 0.469. The second-order valence-electron chi connectivity index (χ2n) is 6.47. The third-order valence-electron chi connectivity index (χ3n) is 4.16. The molecule has 0 aliphatic carbocycles. The number of hydrogen-bond donors (Lipinski definition) is 1. The molecule has 0 bridgehead atoms. The van der Waals surface area contributed by atoms with Gasteiger partial charge >= 0.3 is 0 Å². The SMILES string of the molecule is CC(C)[C@H](NC(=O)/C=C/c1cc([N+](=O)[O-])cc2c1OCOC2)c1cccs1. The van der Waals surface area contributed by atoms with E-state index < -0.39 is 4.92 Å². The molecule has 0 radical (unpaired) electrons. The first-order valence-electron chi connectivity index (χ1n) is 8.49. The van der Waals surface area contributed by atoms with Crippen LogP contribution >= 0.6 is 11.3 Å². The fourth-order valence-electron chi connectivity index (χ4n) is 2.86. The summed E-state index contributed by atoms with van der Waals surface area (Å²) in [5, 5.41) is 16.1. The Morgan fingerprint density at radius 3 is 2.89 bits per heavy atom. The number of fused-ring (bicyclic) bond motifs is 1. The van der Waals surface area contributed by atoms with Crippen LogP contribution in [0.25, 0.3) is 6.08 Å². The summed E-state index contributed by atoms with van der Waals surface area (Å²) in [4.78, 5) is 24.2. The summed E-state index contributed by atoms with van der Waals surface area (Å²) in [6.45, 7) is 4.39. The van der Waals surface area contributed by atoms with Crippen molar-refractivity contribution in [2.45, 2.75) is 26.5 Å². The molecule has 1 aliphatic heterocycles. The number of nitro benzene ring substituents is 1. The monoisotopic (exact) mass is 388 g/mol. The summed E-state index contributed by atoms with van der Waals surface area (Å²) in [6.07, 6.45) is 2.92. The molecule has 1 aliphatic rings. The highest BCUT2D eigenvalue weighted by molar-refractivity contribution is 7.10. The Morgan fingerprint density at radius 2 is 2.22 bits per heavy atom. The van der Waals surface area contributed by atoms with Crippen molar-refractivity contribution in [1.82, 2.24) is 5.32 Å². The van der Waals surface area contributed by atoms with Gasteiger partial charge in [0.2, 0.25) is 5.91 Å². The number of ether oxygens (including phenoxy) is 2. The number of nitro groups is 1. The minimum atomic E-state index is -0.474. The average molecular weight is 388 g/mol. The van der Waals surface area contributed by atoms with Crippen LogP contribution in [0.5, 0.6) is 5.75 Å². The number of amides is 1. The maximum Gasteiger partial charge on any atom is 0.270 e. The molecule has 3 rings (SSSR count). The molecule has 1 amide bonds. The van der Waals surface area contributed by atoms with Crippen molar-refractivity contribution < 1.29 is 19.2 Å². The van der Waals surface area contributed by atoms with Crippen molar-refractivity contribution in [2.24, 2.45) is 5.92 Å². The van der Waals surface area contributed by atoms with E-state index in [9.17, 15) is 14.9 Å². The van der Waals surface area contributed by atoms with Crippen LogP contribution < -0.4 is 10.1 Å². The molecule has 1 N–H and O–H groups in total. The van der Waals surface area contributed by atoms with Crippen molar-refractivity contribution in [3.8, 4) is 5.75 Å². The summed E-state index contributed by atoms with van der Waals surface area (Å²) < 4.78 is 10.7. The highest BCUT2D eigenvalue weighted by atomic mass is 32.1. The maximum atomic E-state index is 12.4. The van der Waals surface area contributed by atoms with Crippen molar-refractivity contribution in [2.75, 3.05) is 6.79 Å². The highest BCUT2D eigenvalue weighted by Crippen LogP contribution is 2.33. The molecule has 0 fully saturated rings. The number of rotatable bonds is 6. The van der Waals surface area contributed by atoms with Crippen molar-refractivity contribution in [3.63, 3.8) is 0 Å². The lowest BCUT2D eigenvalue weighted by atomic mass is 10.0. The van der Waals surface area contributed by atoms with Crippen LogP contribution in [-0.2, 0) is 16.1 Å². The van der Waals surface area contributed by atoms with Gasteiger partial charge in [-0.2, -0.15) is 0 Å². The highest BCUT2D eigenvalue weighted by Gasteiger charge is 2.21. The molecule has 0 saturated carbocycles. The smallest absolute Gasteiger partial charge is 0.270 e. The average Bonchev–Trinajstić information content (AvgIpc) is 3.17. The van der Waals surface area contributed by atoms with E-state index in [1.807, 2.05) is 31.4 Å². The van der Waals surface area contributed by atoms with Crippen molar-refractivity contribution in [3.05, 3.63) is 61.8 Å². The Labute approximate surface area is 160 Å². The van der Waals surface area contributed by atoms with Crippen molar-refractivity contribution in [1.29, 1.82) is 0 Å². The number of benzene rings is 1. The molecule has 0 saturated heterocycles. The lowest BCUT2D eigenvalue weighted by Gasteiger charge is -2.21. The van der Waals surface area contributed by atoms with E-state index in [-0.39, 0.29) is 37.0 Å². The minimum Gasteiger partial charge on any atom is -0.467 e. The number of nitrogens with one attached hydrogen (secondary N) is 1. The Bertz CT molecular complexity index is 861. The number of non-ortho nitro benzene ring substituents is 1. The fraction of sp³-hybridized carbons (Fsp3) is 0.316. The van der Waals surface area contributed by atoms with Gasteiger partial charge in [-0.1, -0.05) is 19.9 Å². The second kappa shape index (κ2) is 8.32. The van der Waals surface area contributed by atoms with Crippen LogP contribution in [0.2, 0.25) is 0 Å². The predicted octanol–water partition coefficient (Wildman–Crippen LogP) is 4.05. The van der Waals surface area contributed by atoms with E-state index in [4.69, 9.17) is 9.47 Å². The summed E-state index contributed by atoms with van der Waals surface area (Å²) >= 11 is 1.59. The van der Waals surface area contributed by atoms with Crippen LogP contribution in [0.3, 0.4) is 0 Å². The van der Waals surface area contributed by atoms with Gasteiger partial charge in [-0.25, -0.2) is 0 Å². The third-order valence-corrected chi connectivity index (χ3v) is 5.12. The van der Waals surface area contributed by atoms with Crippen LogP contribution in [0.1, 0.15) is 35.9 Å². The van der Waals surface area contributed by atoms with Gasteiger partial charge in [0, 0.05) is 34.2 Å². The normalized spacial score (nSPS) is 14.6. The number of nitrogens with zero attached hydrogens (tertiary/aromatic N) is 1. The summed E-state index contributed by atoms with van der Waals surface area (Å²) in [7, 11) is 0. The van der Waals surface area contributed by atoms with E-state index in [0.717, 1.165) is 4.88 Å². The van der Waals surface area contributed by atoms with Gasteiger partial charge in [0.25, 0.3) is 5.69 Å².